The Kier molecular flexibility index (Phi) is 4.50. The number of carbonyl (C=O) groups is 1. The van der Waals surface area contributed by atoms with Crippen molar-refractivity contribution in [2.75, 3.05) is 0 Å². The third kappa shape index (κ3) is 3.16. The number of rotatable bonds is 2. The first-order valence-corrected chi connectivity index (χ1v) is 8.87. The number of Topliss-reactive ketones (excluding diaryl/α,β-unsaturated/α-hetero) is 1. The number of carbonyl (C=O) groups excluding carboxylic acids is 1. The molecule has 126 valence electrons. The molecule has 3 nitrogen and oxygen atoms in total. The number of fused-ring (bicyclic) bond motifs is 1. The number of ketones is 1. The van der Waals surface area contributed by atoms with Crippen LogP contribution in [0.2, 0.25) is 0 Å². The molecular weight excluding hydrogens is 288 g/mol. The number of aliphatic hydroxyl groups is 1. The topological polar surface area (TPSA) is 46.5 Å². The number of ether oxygens (including phenoxy) is 1. The summed E-state index contributed by atoms with van der Waals surface area (Å²) in [4.78, 5) is 13.1. The standard InChI is InChI=1S/C20H28O3/c1-20(2,3)19-16(17(21)13-9-5-4-6-10-13)18(22)14-11-7-8-12-15(14)23-19/h7-8,11-13,16-17,19,21H,4-6,9-10H2,1-3H3/t16-,17+,19-/m1/s1. The summed E-state index contributed by atoms with van der Waals surface area (Å²) in [6.07, 6.45) is 4.68. The number of para-hydroxylation sites is 1. The van der Waals surface area contributed by atoms with Crippen LogP contribution in [-0.4, -0.2) is 23.1 Å². The Morgan fingerprint density at radius 2 is 1.78 bits per heavy atom. The minimum atomic E-state index is -0.611. The highest BCUT2D eigenvalue weighted by Gasteiger charge is 2.48. The van der Waals surface area contributed by atoms with Crippen molar-refractivity contribution >= 4 is 5.78 Å². The van der Waals surface area contributed by atoms with E-state index in [1.54, 1.807) is 0 Å². The van der Waals surface area contributed by atoms with Crippen molar-refractivity contribution in [3.05, 3.63) is 29.8 Å². The highest BCUT2D eigenvalue weighted by atomic mass is 16.5. The molecule has 1 aliphatic carbocycles. The smallest absolute Gasteiger partial charge is 0.176 e. The minimum absolute atomic E-state index is 0.0462. The Hall–Kier alpha value is -1.35. The molecular formula is C20H28O3. The second-order valence-electron chi connectivity index (χ2n) is 8.18. The lowest BCUT2D eigenvalue weighted by atomic mass is 9.69. The van der Waals surface area contributed by atoms with E-state index in [9.17, 15) is 9.90 Å². The van der Waals surface area contributed by atoms with Crippen LogP contribution in [0.1, 0.15) is 63.2 Å². The molecule has 0 amide bonds. The average molecular weight is 316 g/mol. The van der Waals surface area contributed by atoms with Crippen molar-refractivity contribution in [1.82, 2.24) is 0 Å². The maximum Gasteiger partial charge on any atom is 0.176 e. The number of hydrogen-bond acceptors (Lipinski definition) is 3. The maximum atomic E-state index is 13.1. The van der Waals surface area contributed by atoms with Crippen LogP contribution in [0.15, 0.2) is 24.3 Å². The van der Waals surface area contributed by atoms with Crippen LogP contribution in [-0.2, 0) is 0 Å². The van der Waals surface area contributed by atoms with Crippen LogP contribution in [0.5, 0.6) is 5.75 Å². The molecule has 1 aromatic carbocycles. The molecule has 0 bridgehead atoms. The Balaban J connectivity index is 1.95. The van der Waals surface area contributed by atoms with E-state index in [0.717, 1.165) is 25.7 Å². The van der Waals surface area contributed by atoms with Crippen molar-refractivity contribution in [3.63, 3.8) is 0 Å². The maximum absolute atomic E-state index is 13.1. The summed E-state index contributed by atoms with van der Waals surface area (Å²) in [5, 5.41) is 11.0. The Morgan fingerprint density at radius 1 is 1.13 bits per heavy atom. The van der Waals surface area contributed by atoms with E-state index in [1.165, 1.54) is 6.42 Å². The molecule has 1 heterocycles. The third-order valence-electron chi connectivity index (χ3n) is 5.39. The average Bonchev–Trinajstić information content (AvgIpc) is 2.54. The summed E-state index contributed by atoms with van der Waals surface area (Å²) in [6, 6.07) is 7.43. The van der Waals surface area contributed by atoms with Gasteiger partial charge in [0.15, 0.2) is 5.78 Å². The van der Waals surface area contributed by atoms with Gasteiger partial charge < -0.3 is 9.84 Å². The predicted octanol–water partition coefficient (Wildman–Crippen LogP) is 4.23. The fourth-order valence-electron chi connectivity index (χ4n) is 4.12. The van der Waals surface area contributed by atoms with E-state index in [2.05, 4.69) is 20.8 Å². The van der Waals surface area contributed by atoms with Gasteiger partial charge in [-0.25, -0.2) is 0 Å². The van der Waals surface area contributed by atoms with Gasteiger partial charge in [-0.2, -0.15) is 0 Å². The van der Waals surface area contributed by atoms with Crippen molar-refractivity contribution in [1.29, 1.82) is 0 Å². The molecule has 0 saturated heterocycles. The molecule has 1 aliphatic heterocycles. The van der Waals surface area contributed by atoms with Crippen molar-refractivity contribution < 1.29 is 14.6 Å². The molecule has 0 radical (unpaired) electrons. The van der Waals surface area contributed by atoms with Gasteiger partial charge in [0.1, 0.15) is 11.9 Å². The number of benzene rings is 1. The van der Waals surface area contributed by atoms with Crippen LogP contribution in [0.3, 0.4) is 0 Å². The molecule has 0 aromatic heterocycles. The highest BCUT2D eigenvalue weighted by molar-refractivity contribution is 6.02. The van der Waals surface area contributed by atoms with Gasteiger partial charge in [0.2, 0.25) is 0 Å². The van der Waals surface area contributed by atoms with E-state index >= 15 is 0 Å². The molecule has 3 rings (SSSR count). The summed E-state index contributed by atoms with van der Waals surface area (Å²) in [5.74, 6) is 0.457. The molecule has 1 N–H and O–H groups in total. The zero-order valence-corrected chi connectivity index (χ0v) is 14.4. The van der Waals surface area contributed by atoms with Crippen LogP contribution in [0.4, 0.5) is 0 Å². The Labute approximate surface area is 139 Å². The minimum Gasteiger partial charge on any atom is -0.488 e. The van der Waals surface area contributed by atoms with E-state index in [1.807, 2.05) is 24.3 Å². The molecule has 3 heteroatoms. The summed E-state index contributed by atoms with van der Waals surface area (Å²) in [5.41, 5.74) is 0.414. The van der Waals surface area contributed by atoms with E-state index < -0.39 is 12.0 Å². The summed E-state index contributed by atoms with van der Waals surface area (Å²) < 4.78 is 6.21. The fraction of sp³-hybridized carbons (Fsp3) is 0.650. The molecule has 2 aliphatic rings. The van der Waals surface area contributed by atoms with Crippen LogP contribution >= 0.6 is 0 Å². The fourth-order valence-corrected chi connectivity index (χ4v) is 4.12. The van der Waals surface area contributed by atoms with Crippen LogP contribution in [0.25, 0.3) is 0 Å². The zero-order valence-electron chi connectivity index (χ0n) is 14.4. The first kappa shape index (κ1) is 16.5. The van der Waals surface area contributed by atoms with Crippen LogP contribution < -0.4 is 4.74 Å². The zero-order chi connectivity index (χ0) is 16.6. The second-order valence-corrected chi connectivity index (χ2v) is 8.18. The Bertz CT molecular complexity index is 566. The van der Waals surface area contributed by atoms with Gasteiger partial charge in [-0.1, -0.05) is 52.2 Å². The van der Waals surface area contributed by atoms with Crippen LogP contribution in [0, 0.1) is 17.3 Å². The summed E-state index contributed by atoms with van der Waals surface area (Å²) in [6.45, 7) is 6.25. The monoisotopic (exact) mass is 316 g/mol. The lowest BCUT2D eigenvalue weighted by Crippen LogP contribution is -2.52. The van der Waals surface area contributed by atoms with Gasteiger partial charge in [-0.05, 0) is 36.3 Å². The molecule has 1 saturated carbocycles. The molecule has 23 heavy (non-hydrogen) atoms. The van der Waals surface area contributed by atoms with E-state index in [0.29, 0.717) is 11.3 Å². The van der Waals surface area contributed by atoms with Gasteiger partial charge in [0, 0.05) is 0 Å². The molecule has 0 spiro atoms. The normalized spacial score (nSPS) is 27.2. The molecule has 1 aromatic rings. The molecule has 0 unspecified atom stereocenters. The van der Waals surface area contributed by atoms with Gasteiger partial charge in [0.25, 0.3) is 0 Å². The first-order valence-electron chi connectivity index (χ1n) is 8.87. The third-order valence-corrected chi connectivity index (χ3v) is 5.39. The van der Waals surface area contributed by atoms with Gasteiger partial charge >= 0.3 is 0 Å². The van der Waals surface area contributed by atoms with Crippen molar-refractivity contribution in [2.45, 2.75) is 65.1 Å². The first-order chi connectivity index (χ1) is 10.9. The van der Waals surface area contributed by atoms with Crippen molar-refractivity contribution in [2.24, 2.45) is 17.3 Å². The van der Waals surface area contributed by atoms with Gasteiger partial charge in [-0.3, -0.25) is 4.79 Å². The second kappa shape index (κ2) is 6.27. The van der Waals surface area contributed by atoms with Gasteiger partial charge in [-0.15, -0.1) is 0 Å². The van der Waals surface area contributed by atoms with E-state index in [-0.39, 0.29) is 23.2 Å². The summed E-state index contributed by atoms with van der Waals surface area (Å²) in [7, 11) is 0. The quantitative estimate of drug-likeness (QED) is 0.888. The summed E-state index contributed by atoms with van der Waals surface area (Å²) >= 11 is 0. The largest absolute Gasteiger partial charge is 0.488 e. The highest BCUT2D eigenvalue weighted by Crippen LogP contribution is 2.42. The van der Waals surface area contributed by atoms with Gasteiger partial charge in [0.05, 0.1) is 17.6 Å². The number of hydrogen-bond donors (Lipinski definition) is 1. The lowest BCUT2D eigenvalue weighted by molar-refractivity contribution is -0.0490. The molecule has 1 fully saturated rings. The SMILES string of the molecule is CC(C)(C)[C@@H]1Oc2ccccc2C(=O)[C@H]1[C@@H](O)C1CCCCC1. The van der Waals surface area contributed by atoms with Crippen molar-refractivity contribution in [3.8, 4) is 5.75 Å². The number of aliphatic hydroxyl groups excluding tert-OH is 1. The van der Waals surface area contributed by atoms with E-state index in [4.69, 9.17) is 4.74 Å². The predicted molar refractivity (Wildman–Crippen MR) is 90.7 cm³/mol. The lowest BCUT2D eigenvalue weighted by Gasteiger charge is -2.44. The Morgan fingerprint density at radius 3 is 2.43 bits per heavy atom. The molecule has 3 atom stereocenters.